The van der Waals surface area contributed by atoms with E-state index in [1.54, 1.807) is 0 Å². The molecule has 146 valence electrons. The smallest absolute Gasteiger partial charge is 0.136 e. The molecule has 0 spiro atoms. The van der Waals surface area contributed by atoms with Gasteiger partial charge in [-0.25, -0.2) is 9.97 Å². The quantitative estimate of drug-likeness (QED) is 0.541. The molecule has 1 unspecified atom stereocenters. The molecular formula is C23H29N5. The van der Waals surface area contributed by atoms with E-state index in [1.165, 1.54) is 11.3 Å². The first-order chi connectivity index (χ1) is 13.6. The molecule has 0 saturated heterocycles. The van der Waals surface area contributed by atoms with Gasteiger partial charge in [0.1, 0.15) is 17.5 Å². The average Bonchev–Trinajstić information content (AvgIpc) is 2.70. The van der Waals surface area contributed by atoms with E-state index in [4.69, 9.17) is 0 Å². The SMILES string of the molecule is CCN(CC)c1ccc(Nc2cc(NC(C)c3ccccc3)nc(C)n2)cc1. The Morgan fingerprint density at radius 2 is 1.54 bits per heavy atom. The number of hydrogen-bond acceptors (Lipinski definition) is 5. The van der Waals surface area contributed by atoms with Crippen LogP contribution in [0, 0.1) is 6.92 Å². The number of aryl methyl sites for hydroxylation is 1. The lowest BCUT2D eigenvalue weighted by atomic mass is 10.1. The summed E-state index contributed by atoms with van der Waals surface area (Å²) in [4.78, 5) is 11.4. The average molecular weight is 376 g/mol. The van der Waals surface area contributed by atoms with Crippen molar-refractivity contribution in [1.82, 2.24) is 9.97 Å². The summed E-state index contributed by atoms with van der Waals surface area (Å²) in [5.41, 5.74) is 3.46. The normalized spacial score (nSPS) is 11.7. The molecular weight excluding hydrogens is 346 g/mol. The van der Waals surface area contributed by atoms with E-state index in [-0.39, 0.29) is 6.04 Å². The first-order valence-corrected chi connectivity index (χ1v) is 9.88. The molecule has 0 aliphatic carbocycles. The molecule has 0 fully saturated rings. The van der Waals surface area contributed by atoms with E-state index in [0.29, 0.717) is 0 Å². The highest BCUT2D eigenvalue weighted by Crippen LogP contribution is 2.23. The van der Waals surface area contributed by atoms with Crippen LogP contribution in [0.4, 0.5) is 23.0 Å². The summed E-state index contributed by atoms with van der Waals surface area (Å²) in [6.07, 6.45) is 0. The van der Waals surface area contributed by atoms with Crippen molar-refractivity contribution >= 4 is 23.0 Å². The van der Waals surface area contributed by atoms with Crippen molar-refractivity contribution in [1.29, 1.82) is 0 Å². The lowest BCUT2D eigenvalue weighted by Gasteiger charge is -2.21. The van der Waals surface area contributed by atoms with E-state index in [0.717, 1.165) is 36.2 Å². The van der Waals surface area contributed by atoms with E-state index in [9.17, 15) is 0 Å². The van der Waals surface area contributed by atoms with Crippen molar-refractivity contribution in [2.24, 2.45) is 0 Å². The third kappa shape index (κ3) is 5.00. The minimum absolute atomic E-state index is 0.164. The Morgan fingerprint density at radius 3 is 2.18 bits per heavy atom. The minimum atomic E-state index is 0.164. The van der Waals surface area contributed by atoms with Gasteiger partial charge in [-0.3, -0.25) is 0 Å². The van der Waals surface area contributed by atoms with Crippen LogP contribution in [-0.2, 0) is 0 Å². The number of anilines is 4. The van der Waals surface area contributed by atoms with Gasteiger partial charge in [0.2, 0.25) is 0 Å². The fraction of sp³-hybridized carbons (Fsp3) is 0.304. The largest absolute Gasteiger partial charge is 0.372 e. The molecule has 2 N–H and O–H groups in total. The van der Waals surface area contributed by atoms with Gasteiger partial charge in [-0.15, -0.1) is 0 Å². The van der Waals surface area contributed by atoms with Gasteiger partial charge in [0.05, 0.1) is 0 Å². The Kier molecular flexibility index (Phi) is 6.48. The summed E-state index contributed by atoms with van der Waals surface area (Å²) >= 11 is 0. The molecule has 0 saturated carbocycles. The van der Waals surface area contributed by atoms with E-state index < -0.39 is 0 Å². The maximum Gasteiger partial charge on any atom is 0.136 e. The molecule has 28 heavy (non-hydrogen) atoms. The standard InChI is InChI=1S/C23H29N5/c1-5-28(6-2)21-14-12-20(13-15-21)27-23-16-22(25-18(4)26-23)24-17(3)19-10-8-7-9-11-19/h7-17H,5-6H2,1-4H3,(H2,24,25,26,27). The summed E-state index contributed by atoms with van der Waals surface area (Å²) in [5.74, 6) is 2.32. The zero-order chi connectivity index (χ0) is 19.9. The minimum Gasteiger partial charge on any atom is -0.372 e. The summed E-state index contributed by atoms with van der Waals surface area (Å²) in [5, 5.41) is 6.86. The van der Waals surface area contributed by atoms with Crippen molar-refractivity contribution in [2.75, 3.05) is 28.6 Å². The number of nitrogens with one attached hydrogen (secondary N) is 2. The molecule has 0 amide bonds. The van der Waals surface area contributed by atoms with Crippen LogP contribution in [-0.4, -0.2) is 23.1 Å². The van der Waals surface area contributed by atoms with Crippen LogP contribution in [0.2, 0.25) is 0 Å². The lowest BCUT2D eigenvalue weighted by Crippen LogP contribution is -2.21. The van der Waals surface area contributed by atoms with E-state index in [2.05, 4.69) is 82.7 Å². The Morgan fingerprint density at radius 1 is 0.893 bits per heavy atom. The molecule has 5 heteroatoms. The molecule has 1 atom stereocenters. The predicted octanol–water partition coefficient (Wildman–Crippen LogP) is 5.55. The van der Waals surface area contributed by atoms with Gasteiger partial charge in [0.15, 0.2) is 0 Å². The zero-order valence-electron chi connectivity index (χ0n) is 17.1. The van der Waals surface area contributed by atoms with Crippen LogP contribution in [0.25, 0.3) is 0 Å². The third-order valence-corrected chi connectivity index (χ3v) is 4.77. The second-order valence-corrected chi connectivity index (χ2v) is 6.81. The van der Waals surface area contributed by atoms with Crippen molar-refractivity contribution in [3.05, 3.63) is 72.1 Å². The van der Waals surface area contributed by atoms with Gasteiger partial charge in [0.25, 0.3) is 0 Å². The lowest BCUT2D eigenvalue weighted by molar-refractivity contribution is 0.866. The first kappa shape index (κ1) is 19.7. The fourth-order valence-corrected chi connectivity index (χ4v) is 3.24. The Hall–Kier alpha value is -3.08. The molecule has 3 aromatic rings. The summed E-state index contributed by atoms with van der Waals surface area (Å²) in [6, 6.07) is 20.9. The summed E-state index contributed by atoms with van der Waals surface area (Å²) in [7, 11) is 0. The van der Waals surface area contributed by atoms with Crippen molar-refractivity contribution in [2.45, 2.75) is 33.7 Å². The van der Waals surface area contributed by atoms with E-state index in [1.807, 2.05) is 31.2 Å². The molecule has 0 bridgehead atoms. The maximum atomic E-state index is 4.53. The van der Waals surface area contributed by atoms with Crippen molar-refractivity contribution in [3.8, 4) is 0 Å². The highest BCUT2D eigenvalue weighted by molar-refractivity contribution is 5.62. The summed E-state index contributed by atoms with van der Waals surface area (Å²) in [6.45, 7) is 10.4. The Bertz CT molecular complexity index is 873. The monoisotopic (exact) mass is 375 g/mol. The van der Waals surface area contributed by atoms with Crippen LogP contribution in [0.1, 0.15) is 38.2 Å². The second-order valence-electron chi connectivity index (χ2n) is 6.81. The number of nitrogens with zero attached hydrogens (tertiary/aromatic N) is 3. The predicted molar refractivity (Wildman–Crippen MR) is 119 cm³/mol. The fourth-order valence-electron chi connectivity index (χ4n) is 3.24. The molecule has 0 aliphatic heterocycles. The van der Waals surface area contributed by atoms with Crippen LogP contribution >= 0.6 is 0 Å². The van der Waals surface area contributed by atoms with Gasteiger partial charge in [-0.1, -0.05) is 30.3 Å². The Balaban J connectivity index is 1.73. The van der Waals surface area contributed by atoms with Gasteiger partial charge in [0, 0.05) is 36.6 Å². The number of hydrogen-bond donors (Lipinski definition) is 2. The third-order valence-electron chi connectivity index (χ3n) is 4.77. The highest BCUT2D eigenvalue weighted by atomic mass is 15.1. The zero-order valence-corrected chi connectivity index (χ0v) is 17.1. The summed E-state index contributed by atoms with van der Waals surface area (Å²) < 4.78 is 0. The molecule has 5 nitrogen and oxygen atoms in total. The van der Waals surface area contributed by atoms with E-state index >= 15 is 0 Å². The molecule has 0 radical (unpaired) electrons. The number of rotatable bonds is 8. The van der Waals surface area contributed by atoms with Gasteiger partial charge in [-0.2, -0.15) is 0 Å². The second kappa shape index (κ2) is 9.22. The maximum absolute atomic E-state index is 4.53. The molecule has 1 aromatic heterocycles. The van der Waals surface area contributed by atoms with Crippen molar-refractivity contribution in [3.63, 3.8) is 0 Å². The molecule has 0 aliphatic rings. The van der Waals surface area contributed by atoms with Crippen LogP contribution in [0.5, 0.6) is 0 Å². The molecule has 1 heterocycles. The highest BCUT2D eigenvalue weighted by Gasteiger charge is 2.08. The molecule has 2 aromatic carbocycles. The Labute approximate surface area is 167 Å². The van der Waals surface area contributed by atoms with Crippen LogP contribution in [0.15, 0.2) is 60.7 Å². The van der Waals surface area contributed by atoms with Crippen LogP contribution in [0.3, 0.4) is 0 Å². The van der Waals surface area contributed by atoms with Crippen LogP contribution < -0.4 is 15.5 Å². The molecule has 3 rings (SSSR count). The van der Waals surface area contributed by atoms with Gasteiger partial charge in [-0.05, 0) is 57.5 Å². The topological polar surface area (TPSA) is 53.1 Å². The first-order valence-electron chi connectivity index (χ1n) is 9.88. The van der Waals surface area contributed by atoms with Gasteiger partial charge < -0.3 is 15.5 Å². The number of aromatic nitrogens is 2. The number of benzene rings is 2. The van der Waals surface area contributed by atoms with Crippen molar-refractivity contribution < 1.29 is 0 Å². The van der Waals surface area contributed by atoms with Gasteiger partial charge >= 0.3 is 0 Å².